The zero-order chi connectivity index (χ0) is 13.2. The van der Waals surface area contributed by atoms with Crippen LogP contribution >= 0.6 is 11.6 Å². The first kappa shape index (κ1) is 13.6. The minimum absolute atomic E-state index is 0.301. The summed E-state index contributed by atoms with van der Waals surface area (Å²) in [4.78, 5) is 8.76. The van der Waals surface area contributed by atoms with Gasteiger partial charge in [0.05, 0.1) is 0 Å². The summed E-state index contributed by atoms with van der Waals surface area (Å²) in [5, 5.41) is 3.96. The number of rotatable bonds is 6. The van der Waals surface area contributed by atoms with Crippen molar-refractivity contribution in [2.75, 3.05) is 11.9 Å². The number of nitrogens with zero attached hydrogens (tertiary/aromatic N) is 2. The van der Waals surface area contributed by atoms with Crippen LogP contribution in [0.25, 0.3) is 0 Å². The standard InChI is InChI=1S/C14H22ClN3/c1-4-5-14(6-7-14)9-16-12-8-11(15)17-13(18-12)10(2)3/h8,10H,4-7,9H2,1-3H3,(H,16,17,18). The van der Waals surface area contributed by atoms with E-state index >= 15 is 0 Å². The molecule has 0 amide bonds. The summed E-state index contributed by atoms with van der Waals surface area (Å²) in [5.74, 6) is 1.97. The van der Waals surface area contributed by atoms with E-state index in [1.54, 1.807) is 0 Å². The van der Waals surface area contributed by atoms with Crippen LogP contribution in [0, 0.1) is 5.41 Å². The topological polar surface area (TPSA) is 37.8 Å². The lowest BCUT2D eigenvalue weighted by Crippen LogP contribution is -2.16. The molecule has 0 unspecified atom stereocenters. The molecule has 0 radical (unpaired) electrons. The van der Waals surface area contributed by atoms with E-state index in [-0.39, 0.29) is 0 Å². The molecule has 0 spiro atoms. The molecule has 18 heavy (non-hydrogen) atoms. The van der Waals surface area contributed by atoms with Crippen molar-refractivity contribution in [3.63, 3.8) is 0 Å². The van der Waals surface area contributed by atoms with Gasteiger partial charge in [-0.3, -0.25) is 0 Å². The number of halogens is 1. The van der Waals surface area contributed by atoms with Crippen molar-refractivity contribution in [3.8, 4) is 0 Å². The molecular formula is C14H22ClN3. The van der Waals surface area contributed by atoms with Gasteiger partial charge in [-0.25, -0.2) is 9.97 Å². The number of anilines is 1. The molecule has 4 heteroatoms. The molecule has 0 saturated heterocycles. The van der Waals surface area contributed by atoms with Gasteiger partial charge in [0.2, 0.25) is 0 Å². The first-order valence-electron chi connectivity index (χ1n) is 6.83. The van der Waals surface area contributed by atoms with Gasteiger partial charge in [-0.2, -0.15) is 0 Å². The van der Waals surface area contributed by atoms with Crippen LogP contribution in [0.15, 0.2) is 6.07 Å². The molecule has 1 aliphatic carbocycles. The molecule has 1 aliphatic rings. The third-order valence-electron chi connectivity index (χ3n) is 3.61. The normalized spacial score (nSPS) is 16.9. The van der Waals surface area contributed by atoms with E-state index in [4.69, 9.17) is 11.6 Å². The Labute approximate surface area is 114 Å². The third kappa shape index (κ3) is 3.35. The molecule has 0 bridgehead atoms. The van der Waals surface area contributed by atoms with Crippen LogP contribution in [0.2, 0.25) is 5.15 Å². The third-order valence-corrected chi connectivity index (χ3v) is 3.80. The molecule has 0 atom stereocenters. The molecule has 1 aromatic heterocycles. The molecular weight excluding hydrogens is 246 g/mol. The Morgan fingerprint density at radius 3 is 2.67 bits per heavy atom. The summed E-state index contributed by atoms with van der Waals surface area (Å²) < 4.78 is 0. The van der Waals surface area contributed by atoms with Gasteiger partial charge in [0.15, 0.2) is 0 Å². The summed E-state index contributed by atoms with van der Waals surface area (Å²) >= 11 is 6.03. The number of hydrogen-bond donors (Lipinski definition) is 1. The summed E-state index contributed by atoms with van der Waals surface area (Å²) in [6.07, 6.45) is 5.23. The van der Waals surface area contributed by atoms with E-state index in [0.717, 1.165) is 18.2 Å². The van der Waals surface area contributed by atoms with Crippen LogP contribution in [-0.2, 0) is 0 Å². The van der Waals surface area contributed by atoms with E-state index in [0.29, 0.717) is 16.5 Å². The van der Waals surface area contributed by atoms with Crippen molar-refractivity contribution in [1.82, 2.24) is 9.97 Å². The lowest BCUT2D eigenvalue weighted by atomic mass is 10.0. The fourth-order valence-corrected chi connectivity index (χ4v) is 2.47. The summed E-state index contributed by atoms with van der Waals surface area (Å²) in [6.45, 7) is 7.41. The summed E-state index contributed by atoms with van der Waals surface area (Å²) in [7, 11) is 0. The molecule has 3 nitrogen and oxygen atoms in total. The smallest absolute Gasteiger partial charge is 0.135 e. The van der Waals surface area contributed by atoms with Crippen LogP contribution in [0.1, 0.15) is 58.2 Å². The molecule has 1 fully saturated rings. The fourth-order valence-electron chi connectivity index (χ4n) is 2.28. The molecule has 2 rings (SSSR count). The Balaban J connectivity index is 2.01. The molecule has 100 valence electrons. The molecule has 1 heterocycles. The van der Waals surface area contributed by atoms with Gasteiger partial charge >= 0.3 is 0 Å². The van der Waals surface area contributed by atoms with Gasteiger partial charge in [0.25, 0.3) is 0 Å². The molecule has 1 aromatic rings. The Kier molecular flexibility index (Phi) is 4.10. The van der Waals surface area contributed by atoms with Crippen molar-refractivity contribution in [2.24, 2.45) is 5.41 Å². The second-order valence-electron chi connectivity index (χ2n) is 5.69. The quantitative estimate of drug-likeness (QED) is 0.783. The van der Waals surface area contributed by atoms with Crippen molar-refractivity contribution in [1.29, 1.82) is 0 Å². The molecule has 0 aromatic carbocycles. The van der Waals surface area contributed by atoms with Crippen LogP contribution in [0.5, 0.6) is 0 Å². The summed E-state index contributed by atoms with van der Waals surface area (Å²) in [6, 6.07) is 1.81. The van der Waals surface area contributed by atoms with Crippen molar-refractivity contribution >= 4 is 17.4 Å². The van der Waals surface area contributed by atoms with E-state index in [1.807, 2.05) is 6.07 Å². The number of hydrogen-bond acceptors (Lipinski definition) is 3. The maximum Gasteiger partial charge on any atom is 0.135 e. The maximum atomic E-state index is 6.03. The molecule has 0 aliphatic heterocycles. The highest BCUT2D eigenvalue weighted by Crippen LogP contribution is 2.49. The van der Waals surface area contributed by atoms with Crippen LogP contribution in [-0.4, -0.2) is 16.5 Å². The Hall–Kier alpha value is -0.830. The van der Waals surface area contributed by atoms with Crippen molar-refractivity contribution in [3.05, 3.63) is 17.0 Å². The predicted molar refractivity (Wildman–Crippen MR) is 76.2 cm³/mol. The lowest BCUT2D eigenvalue weighted by Gasteiger charge is -2.16. The van der Waals surface area contributed by atoms with Gasteiger partial charge in [-0.15, -0.1) is 0 Å². The first-order valence-corrected chi connectivity index (χ1v) is 7.21. The lowest BCUT2D eigenvalue weighted by molar-refractivity contribution is 0.485. The van der Waals surface area contributed by atoms with E-state index < -0.39 is 0 Å². The van der Waals surface area contributed by atoms with E-state index in [2.05, 4.69) is 36.1 Å². The van der Waals surface area contributed by atoms with Gasteiger partial charge in [0, 0.05) is 18.5 Å². The average Bonchev–Trinajstić information content (AvgIpc) is 3.07. The second-order valence-corrected chi connectivity index (χ2v) is 6.08. The van der Waals surface area contributed by atoms with Gasteiger partial charge in [-0.05, 0) is 24.7 Å². The largest absolute Gasteiger partial charge is 0.369 e. The number of aromatic nitrogens is 2. The zero-order valence-electron chi connectivity index (χ0n) is 11.5. The van der Waals surface area contributed by atoms with Crippen molar-refractivity contribution in [2.45, 2.75) is 52.4 Å². The van der Waals surface area contributed by atoms with Gasteiger partial charge in [-0.1, -0.05) is 38.8 Å². The first-order chi connectivity index (χ1) is 8.54. The molecule has 1 N–H and O–H groups in total. The molecule has 1 saturated carbocycles. The van der Waals surface area contributed by atoms with Crippen LogP contribution < -0.4 is 5.32 Å². The highest BCUT2D eigenvalue weighted by molar-refractivity contribution is 6.29. The minimum Gasteiger partial charge on any atom is -0.369 e. The highest BCUT2D eigenvalue weighted by Gasteiger charge is 2.41. The maximum absolute atomic E-state index is 6.03. The average molecular weight is 268 g/mol. The Bertz CT molecular complexity index is 414. The van der Waals surface area contributed by atoms with Gasteiger partial charge in [0.1, 0.15) is 16.8 Å². The summed E-state index contributed by atoms with van der Waals surface area (Å²) in [5.41, 5.74) is 0.518. The van der Waals surface area contributed by atoms with Gasteiger partial charge < -0.3 is 5.32 Å². The highest BCUT2D eigenvalue weighted by atomic mass is 35.5. The van der Waals surface area contributed by atoms with Crippen LogP contribution in [0.4, 0.5) is 5.82 Å². The second kappa shape index (κ2) is 5.43. The van der Waals surface area contributed by atoms with Crippen LogP contribution in [0.3, 0.4) is 0 Å². The predicted octanol–water partition coefficient (Wildman–Crippen LogP) is 4.25. The Morgan fingerprint density at radius 2 is 2.11 bits per heavy atom. The monoisotopic (exact) mass is 267 g/mol. The zero-order valence-corrected chi connectivity index (χ0v) is 12.2. The van der Waals surface area contributed by atoms with E-state index in [1.165, 1.54) is 25.7 Å². The van der Waals surface area contributed by atoms with E-state index in [9.17, 15) is 0 Å². The number of nitrogens with one attached hydrogen (secondary N) is 1. The Morgan fingerprint density at radius 1 is 1.39 bits per heavy atom. The SMILES string of the molecule is CCCC1(CNc2cc(Cl)nc(C(C)C)n2)CC1. The minimum atomic E-state index is 0.301. The van der Waals surface area contributed by atoms with Crippen molar-refractivity contribution < 1.29 is 0 Å². The fraction of sp³-hybridized carbons (Fsp3) is 0.714.